The van der Waals surface area contributed by atoms with Crippen LogP contribution in [0.5, 0.6) is 11.6 Å². The van der Waals surface area contributed by atoms with Gasteiger partial charge in [0.05, 0.1) is 23.2 Å². The molecule has 0 radical (unpaired) electrons. The van der Waals surface area contributed by atoms with Crippen LogP contribution < -0.4 is 4.74 Å². The van der Waals surface area contributed by atoms with Gasteiger partial charge in [-0.05, 0) is 56.0 Å². The molecule has 2 aromatic carbocycles. The molecule has 0 aliphatic carbocycles. The molecule has 6 nitrogen and oxygen atoms in total. The lowest BCUT2D eigenvalue weighted by Crippen LogP contribution is -2.13. The first-order chi connectivity index (χ1) is 15.3. The Morgan fingerprint density at radius 1 is 1.16 bits per heavy atom. The van der Waals surface area contributed by atoms with Crippen molar-refractivity contribution in [3.8, 4) is 11.6 Å². The molecular weight excluding hydrogens is 492 g/mol. The van der Waals surface area contributed by atoms with Crippen LogP contribution >= 0.6 is 27.7 Å². The van der Waals surface area contributed by atoms with E-state index in [4.69, 9.17) is 9.47 Å². The van der Waals surface area contributed by atoms with Crippen LogP contribution in [-0.2, 0) is 24.1 Å². The third kappa shape index (κ3) is 4.77. The molecule has 1 aromatic heterocycles. The zero-order valence-corrected chi connectivity index (χ0v) is 21.5. The lowest BCUT2D eigenvalue weighted by Gasteiger charge is -2.18. The number of aryl methyl sites for hydroxylation is 1. The van der Waals surface area contributed by atoms with Gasteiger partial charge in [0.1, 0.15) is 11.3 Å². The number of carbonyl (C=O) groups excluding carboxylic acids is 1. The molecule has 0 bridgehead atoms. The van der Waals surface area contributed by atoms with Gasteiger partial charge in [-0.3, -0.25) is 0 Å². The van der Waals surface area contributed by atoms with Crippen LogP contribution in [0.2, 0.25) is 0 Å². The Morgan fingerprint density at radius 2 is 1.84 bits per heavy atom. The van der Waals surface area contributed by atoms with Crippen molar-refractivity contribution in [2.75, 3.05) is 27.3 Å². The number of phenols is 1. The van der Waals surface area contributed by atoms with Crippen LogP contribution in [0.1, 0.15) is 35.3 Å². The van der Waals surface area contributed by atoms with E-state index < -0.39 is 5.97 Å². The molecule has 1 N–H and O–H groups in total. The number of thioether (sulfide) groups is 1. The smallest absolute Gasteiger partial charge is 0.344 e. The molecule has 3 aromatic rings. The van der Waals surface area contributed by atoms with Gasteiger partial charge >= 0.3 is 5.97 Å². The van der Waals surface area contributed by atoms with Crippen LogP contribution in [-0.4, -0.2) is 47.9 Å². The second kappa shape index (κ2) is 10.6. The summed E-state index contributed by atoms with van der Waals surface area (Å²) in [5.74, 6) is 0.728. The lowest BCUT2D eigenvalue weighted by atomic mass is 10.0. The predicted octanol–water partition coefficient (Wildman–Crippen LogP) is 5.58. The molecule has 0 atom stereocenters. The summed E-state index contributed by atoms with van der Waals surface area (Å²) in [4.78, 5) is 16.1. The Morgan fingerprint density at radius 3 is 2.44 bits per heavy atom. The molecule has 0 amide bonds. The number of aromatic nitrogens is 1. The average Bonchev–Trinajstić information content (AvgIpc) is 3.04. The van der Waals surface area contributed by atoms with E-state index >= 15 is 0 Å². The van der Waals surface area contributed by atoms with Gasteiger partial charge in [0.15, 0.2) is 0 Å². The summed E-state index contributed by atoms with van der Waals surface area (Å²) < 4.78 is 13.8. The number of phenolic OH excluding ortho intramolecular Hbond substituents is 1. The maximum absolute atomic E-state index is 13.1. The minimum absolute atomic E-state index is 0.133. The lowest BCUT2D eigenvalue weighted by molar-refractivity contribution is 0.0523. The van der Waals surface area contributed by atoms with E-state index in [0.29, 0.717) is 45.8 Å². The van der Waals surface area contributed by atoms with Gasteiger partial charge in [0.2, 0.25) is 5.88 Å². The molecule has 172 valence electrons. The third-order valence-corrected chi connectivity index (χ3v) is 6.94. The van der Waals surface area contributed by atoms with E-state index in [2.05, 4.69) is 28.1 Å². The van der Waals surface area contributed by atoms with Gasteiger partial charge in [0, 0.05) is 40.8 Å². The zero-order valence-electron chi connectivity index (χ0n) is 19.1. The summed E-state index contributed by atoms with van der Waals surface area (Å²) in [6.45, 7) is 4.77. The predicted molar refractivity (Wildman–Crippen MR) is 133 cm³/mol. The van der Waals surface area contributed by atoms with Crippen LogP contribution in [0.4, 0.5) is 0 Å². The monoisotopic (exact) mass is 520 g/mol. The minimum Gasteiger partial charge on any atom is -0.506 e. The number of esters is 1. The van der Waals surface area contributed by atoms with Gasteiger partial charge in [-0.1, -0.05) is 18.2 Å². The van der Waals surface area contributed by atoms with E-state index in [1.807, 2.05) is 55.7 Å². The number of aromatic hydroxyl groups is 1. The molecule has 0 saturated carbocycles. The Hall–Kier alpha value is -2.16. The zero-order chi connectivity index (χ0) is 23.4. The Labute approximate surface area is 201 Å². The van der Waals surface area contributed by atoms with Crippen molar-refractivity contribution in [1.82, 2.24) is 9.47 Å². The van der Waals surface area contributed by atoms with Crippen molar-refractivity contribution in [2.24, 2.45) is 7.05 Å². The topological polar surface area (TPSA) is 63.9 Å². The average molecular weight is 521 g/mol. The molecule has 0 saturated heterocycles. The van der Waals surface area contributed by atoms with Gasteiger partial charge in [-0.25, -0.2) is 4.79 Å². The van der Waals surface area contributed by atoms with Crippen LogP contribution in [0.15, 0.2) is 39.7 Å². The summed E-state index contributed by atoms with van der Waals surface area (Å²) in [6, 6.07) is 10.1. The SMILES string of the molecule is CCOC(=O)c1c(OCC)n(C)c2c(CSc3ccccc3)c(Br)c(O)c(CN(C)C)c12. The van der Waals surface area contributed by atoms with E-state index in [9.17, 15) is 9.90 Å². The van der Waals surface area contributed by atoms with Gasteiger partial charge in [-0.15, -0.1) is 11.8 Å². The highest BCUT2D eigenvalue weighted by Gasteiger charge is 2.31. The fourth-order valence-corrected chi connectivity index (χ4v) is 5.47. The molecular formula is C24H29BrN2O4S. The highest BCUT2D eigenvalue weighted by Crippen LogP contribution is 2.46. The number of carbonyl (C=O) groups is 1. The molecule has 0 fully saturated rings. The van der Waals surface area contributed by atoms with E-state index in [1.165, 1.54) is 0 Å². The molecule has 8 heteroatoms. The highest BCUT2D eigenvalue weighted by atomic mass is 79.9. The molecule has 1 heterocycles. The molecule has 0 unspecified atom stereocenters. The van der Waals surface area contributed by atoms with Crippen LogP contribution in [0.3, 0.4) is 0 Å². The van der Waals surface area contributed by atoms with Gasteiger partial charge in [-0.2, -0.15) is 0 Å². The van der Waals surface area contributed by atoms with Crippen molar-refractivity contribution < 1.29 is 19.4 Å². The Bertz CT molecular complexity index is 1110. The molecule has 3 rings (SSSR count). The second-order valence-corrected chi connectivity index (χ2v) is 9.42. The maximum atomic E-state index is 13.1. The number of hydrogen-bond acceptors (Lipinski definition) is 6. The minimum atomic E-state index is -0.454. The van der Waals surface area contributed by atoms with Gasteiger partial charge < -0.3 is 24.0 Å². The van der Waals surface area contributed by atoms with E-state index in [0.717, 1.165) is 16.0 Å². The number of fused-ring (bicyclic) bond motifs is 1. The summed E-state index contributed by atoms with van der Waals surface area (Å²) in [6.07, 6.45) is 0. The fourth-order valence-electron chi connectivity index (χ4n) is 3.78. The number of benzene rings is 2. The van der Waals surface area contributed by atoms with Crippen molar-refractivity contribution >= 4 is 44.6 Å². The molecule has 32 heavy (non-hydrogen) atoms. The van der Waals surface area contributed by atoms with Crippen LogP contribution in [0, 0.1) is 0 Å². The number of nitrogens with zero attached hydrogens (tertiary/aromatic N) is 2. The Kier molecular flexibility index (Phi) is 8.14. The summed E-state index contributed by atoms with van der Waals surface area (Å²) in [5.41, 5.74) is 2.76. The first-order valence-corrected chi connectivity index (χ1v) is 12.3. The Balaban J connectivity index is 2.33. The van der Waals surface area contributed by atoms with Crippen LogP contribution in [0.25, 0.3) is 10.9 Å². The first kappa shape index (κ1) is 24.5. The van der Waals surface area contributed by atoms with Crippen molar-refractivity contribution in [1.29, 1.82) is 0 Å². The summed E-state index contributed by atoms with van der Waals surface area (Å²) in [5, 5.41) is 11.9. The number of ether oxygens (including phenoxy) is 2. The normalized spacial score (nSPS) is 11.3. The highest BCUT2D eigenvalue weighted by molar-refractivity contribution is 9.10. The summed E-state index contributed by atoms with van der Waals surface area (Å²) in [7, 11) is 5.74. The molecule has 0 aliphatic heterocycles. The van der Waals surface area contributed by atoms with Crippen molar-refractivity contribution in [3.05, 3.63) is 51.5 Å². The first-order valence-electron chi connectivity index (χ1n) is 10.5. The van der Waals surface area contributed by atoms with Crippen molar-refractivity contribution in [2.45, 2.75) is 31.0 Å². The van der Waals surface area contributed by atoms with Gasteiger partial charge in [0.25, 0.3) is 0 Å². The number of halogens is 1. The van der Waals surface area contributed by atoms with E-state index in [1.54, 1.807) is 18.7 Å². The summed E-state index contributed by atoms with van der Waals surface area (Å²) >= 11 is 5.30. The quantitative estimate of drug-likeness (QED) is 0.293. The van der Waals surface area contributed by atoms with Crippen molar-refractivity contribution in [3.63, 3.8) is 0 Å². The number of rotatable bonds is 9. The second-order valence-electron chi connectivity index (χ2n) is 7.58. The maximum Gasteiger partial charge on any atom is 0.344 e. The molecule has 0 spiro atoms. The number of hydrogen-bond donors (Lipinski definition) is 1. The van der Waals surface area contributed by atoms with E-state index in [-0.39, 0.29) is 12.4 Å². The third-order valence-electron chi connectivity index (χ3n) is 5.05. The largest absolute Gasteiger partial charge is 0.506 e. The standard InChI is InChI=1S/C24H29BrN2O4S/c1-6-30-23-19(24(29)31-7-2)18-16(13-26(3)4)22(28)20(25)17(21(18)27(23)5)14-32-15-11-9-8-10-12-15/h8-12,28H,6-7,13-14H2,1-5H3. The molecule has 0 aliphatic rings. The fraction of sp³-hybridized carbons (Fsp3) is 0.375.